The smallest absolute Gasteiger partial charge is 0.185 e. The van der Waals surface area contributed by atoms with Crippen LogP contribution in [-0.4, -0.2) is 33.4 Å². The first-order valence-electron chi connectivity index (χ1n) is 6.64. The third-order valence-electron chi connectivity index (χ3n) is 3.49. The summed E-state index contributed by atoms with van der Waals surface area (Å²) in [5.74, 6) is 1.04. The van der Waals surface area contributed by atoms with Gasteiger partial charge in [0.15, 0.2) is 5.82 Å². The predicted molar refractivity (Wildman–Crippen MR) is 76.2 cm³/mol. The van der Waals surface area contributed by atoms with E-state index >= 15 is 0 Å². The van der Waals surface area contributed by atoms with Crippen LogP contribution >= 0.6 is 11.6 Å². The van der Waals surface area contributed by atoms with Crippen LogP contribution in [-0.2, 0) is 11.3 Å². The monoisotopic (exact) mass is 293 g/mol. The van der Waals surface area contributed by atoms with Gasteiger partial charge in [-0.25, -0.2) is 4.68 Å². The van der Waals surface area contributed by atoms with Gasteiger partial charge in [-0.15, -0.1) is 5.10 Å². The molecular weight excluding hydrogens is 278 g/mol. The molecule has 0 aliphatic carbocycles. The molecule has 1 aliphatic heterocycles. The van der Waals surface area contributed by atoms with Crippen LogP contribution in [0.4, 0.5) is 5.69 Å². The highest BCUT2D eigenvalue weighted by atomic mass is 35.5. The molecular formula is C13H16ClN5O. The van der Waals surface area contributed by atoms with Gasteiger partial charge in [-0.05, 0) is 35.4 Å². The molecule has 20 heavy (non-hydrogen) atoms. The van der Waals surface area contributed by atoms with Gasteiger partial charge in [0.25, 0.3) is 0 Å². The maximum Gasteiger partial charge on any atom is 0.185 e. The van der Waals surface area contributed by atoms with Crippen molar-refractivity contribution in [2.24, 2.45) is 5.92 Å². The summed E-state index contributed by atoms with van der Waals surface area (Å²) < 4.78 is 7.25. The number of nitrogen functional groups attached to an aromatic ring is 1. The van der Waals surface area contributed by atoms with Crippen LogP contribution < -0.4 is 5.73 Å². The second kappa shape index (κ2) is 5.76. The molecule has 0 radical (unpaired) electrons. The fourth-order valence-corrected chi connectivity index (χ4v) is 2.75. The summed E-state index contributed by atoms with van der Waals surface area (Å²) in [6.07, 6.45) is 2.20. The number of anilines is 1. The van der Waals surface area contributed by atoms with Crippen LogP contribution in [0, 0.1) is 5.92 Å². The SMILES string of the molecule is Nc1cccc(Cl)c1-c1nnnn1CC1CCCOC1. The summed E-state index contributed by atoms with van der Waals surface area (Å²) in [5.41, 5.74) is 7.26. The number of benzene rings is 1. The van der Waals surface area contributed by atoms with E-state index in [1.54, 1.807) is 16.8 Å². The Labute approximate surface area is 121 Å². The fourth-order valence-electron chi connectivity index (χ4n) is 2.48. The topological polar surface area (TPSA) is 78.9 Å². The molecule has 1 aromatic heterocycles. The molecule has 1 aliphatic rings. The molecule has 2 heterocycles. The lowest BCUT2D eigenvalue weighted by Gasteiger charge is -2.22. The zero-order chi connectivity index (χ0) is 13.9. The van der Waals surface area contributed by atoms with Crippen LogP contribution in [0.3, 0.4) is 0 Å². The number of hydrogen-bond donors (Lipinski definition) is 1. The first-order chi connectivity index (χ1) is 9.75. The molecule has 1 fully saturated rings. The quantitative estimate of drug-likeness (QED) is 0.876. The van der Waals surface area contributed by atoms with Gasteiger partial charge in [0.2, 0.25) is 0 Å². The van der Waals surface area contributed by atoms with Crippen molar-refractivity contribution in [1.82, 2.24) is 20.2 Å². The Morgan fingerprint density at radius 1 is 1.45 bits per heavy atom. The van der Waals surface area contributed by atoms with Crippen molar-refractivity contribution in [1.29, 1.82) is 0 Å². The van der Waals surface area contributed by atoms with E-state index in [-0.39, 0.29) is 0 Å². The van der Waals surface area contributed by atoms with E-state index in [1.165, 1.54) is 0 Å². The number of hydrogen-bond acceptors (Lipinski definition) is 5. The first kappa shape index (κ1) is 13.3. The maximum atomic E-state index is 6.22. The highest BCUT2D eigenvalue weighted by Crippen LogP contribution is 2.31. The van der Waals surface area contributed by atoms with E-state index in [0.29, 0.717) is 34.6 Å². The summed E-state index contributed by atoms with van der Waals surface area (Å²) in [6, 6.07) is 5.39. The van der Waals surface area contributed by atoms with Crippen molar-refractivity contribution < 1.29 is 4.74 Å². The number of tetrazole rings is 1. The van der Waals surface area contributed by atoms with E-state index < -0.39 is 0 Å². The van der Waals surface area contributed by atoms with Crippen LogP contribution in [0.1, 0.15) is 12.8 Å². The molecule has 0 amide bonds. The Kier molecular flexibility index (Phi) is 3.84. The minimum atomic E-state index is 0.426. The predicted octanol–water partition coefficient (Wildman–Crippen LogP) is 2.00. The lowest BCUT2D eigenvalue weighted by Crippen LogP contribution is -2.23. The van der Waals surface area contributed by atoms with Gasteiger partial charge in [-0.2, -0.15) is 0 Å². The zero-order valence-electron chi connectivity index (χ0n) is 11.0. The Bertz CT molecular complexity index is 574. The van der Waals surface area contributed by atoms with Crippen molar-refractivity contribution in [3.63, 3.8) is 0 Å². The van der Waals surface area contributed by atoms with Crippen molar-refractivity contribution in [3.05, 3.63) is 23.2 Å². The highest BCUT2D eigenvalue weighted by Gasteiger charge is 2.20. The minimum absolute atomic E-state index is 0.426. The van der Waals surface area contributed by atoms with Crippen LogP contribution in [0.5, 0.6) is 0 Å². The molecule has 0 saturated carbocycles. The Balaban J connectivity index is 1.89. The Morgan fingerprint density at radius 3 is 3.10 bits per heavy atom. The normalized spacial score (nSPS) is 19.1. The molecule has 106 valence electrons. The summed E-state index contributed by atoms with van der Waals surface area (Å²) in [6.45, 7) is 2.31. The lowest BCUT2D eigenvalue weighted by molar-refractivity contribution is 0.0470. The molecule has 2 N–H and O–H groups in total. The van der Waals surface area contributed by atoms with Gasteiger partial charge in [0.1, 0.15) is 0 Å². The summed E-state index contributed by atoms with van der Waals surface area (Å²) >= 11 is 6.22. The summed E-state index contributed by atoms with van der Waals surface area (Å²) in [5, 5.41) is 12.4. The third-order valence-corrected chi connectivity index (χ3v) is 3.80. The standard InChI is InChI=1S/C13H16ClN5O/c14-10-4-1-5-11(15)12(10)13-16-17-18-19(13)7-9-3-2-6-20-8-9/h1,4-5,9H,2-3,6-8,15H2. The average molecular weight is 294 g/mol. The number of halogens is 1. The molecule has 3 rings (SSSR count). The van der Waals surface area contributed by atoms with E-state index in [9.17, 15) is 0 Å². The molecule has 1 aromatic carbocycles. The van der Waals surface area contributed by atoms with Gasteiger partial charge < -0.3 is 10.5 Å². The van der Waals surface area contributed by atoms with Crippen LogP contribution in [0.25, 0.3) is 11.4 Å². The van der Waals surface area contributed by atoms with E-state index in [2.05, 4.69) is 15.5 Å². The second-order valence-corrected chi connectivity index (χ2v) is 5.38. The van der Waals surface area contributed by atoms with Gasteiger partial charge in [0.05, 0.1) is 23.7 Å². The molecule has 6 nitrogen and oxygen atoms in total. The van der Waals surface area contributed by atoms with Crippen LogP contribution in [0.2, 0.25) is 5.02 Å². The van der Waals surface area contributed by atoms with Gasteiger partial charge in [-0.3, -0.25) is 0 Å². The van der Waals surface area contributed by atoms with Gasteiger partial charge >= 0.3 is 0 Å². The molecule has 1 atom stereocenters. The third kappa shape index (κ3) is 2.62. The summed E-state index contributed by atoms with van der Waals surface area (Å²) in [4.78, 5) is 0. The molecule has 1 saturated heterocycles. The average Bonchev–Trinajstić information content (AvgIpc) is 2.88. The molecule has 0 bridgehead atoms. The van der Waals surface area contributed by atoms with Gasteiger partial charge in [-0.1, -0.05) is 17.7 Å². The number of aromatic nitrogens is 4. The highest BCUT2D eigenvalue weighted by molar-refractivity contribution is 6.33. The van der Waals surface area contributed by atoms with Crippen molar-refractivity contribution in [2.75, 3.05) is 18.9 Å². The molecule has 2 aromatic rings. The molecule has 1 unspecified atom stereocenters. The number of ether oxygens (including phenoxy) is 1. The largest absolute Gasteiger partial charge is 0.398 e. The van der Waals surface area contributed by atoms with Crippen molar-refractivity contribution in [2.45, 2.75) is 19.4 Å². The van der Waals surface area contributed by atoms with Crippen molar-refractivity contribution >= 4 is 17.3 Å². The van der Waals surface area contributed by atoms with E-state index in [1.807, 2.05) is 6.07 Å². The summed E-state index contributed by atoms with van der Waals surface area (Å²) in [7, 11) is 0. The zero-order valence-corrected chi connectivity index (χ0v) is 11.8. The van der Waals surface area contributed by atoms with Gasteiger partial charge in [0, 0.05) is 18.2 Å². The van der Waals surface area contributed by atoms with E-state index in [0.717, 1.165) is 26.1 Å². The lowest BCUT2D eigenvalue weighted by atomic mass is 10.0. The Morgan fingerprint density at radius 2 is 2.35 bits per heavy atom. The number of nitrogens with zero attached hydrogens (tertiary/aromatic N) is 4. The minimum Gasteiger partial charge on any atom is -0.398 e. The fraction of sp³-hybridized carbons (Fsp3) is 0.462. The Hall–Kier alpha value is -1.66. The number of rotatable bonds is 3. The van der Waals surface area contributed by atoms with Crippen LogP contribution in [0.15, 0.2) is 18.2 Å². The van der Waals surface area contributed by atoms with E-state index in [4.69, 9.17) is 22.1 Å². The molecule has 0 spiro atoms. The maximum absolute atomic E-state index is 6.22. The van der Waals surface area contributed by atoms with Crippen molar-refractivity contribution in [3.8, 4) is 11.4 Å². The molecule has 7 heteroatoms. The first-order valence-corrected chi connectivity index (χ1v) is 7.02. The second-order valence-electron chi connectivity index (χ2n) is 4.97. The number of nitrogens with two attached hydrogens (primary N) is 1.